The zero-order chi connectivity index (χ0) is 16.7. The second-order valence-corrected chi connectivity index (χ2v) is 6.37. The molecule has 1 aromatic carbocycles. The number of benzene rings is 1. The van der Waals surface area contributed by atoms with Crippen molar-refractivity contribution in [3.8, 4) is 0 Å². The average Bonchev–Trinajstić information content (AvgIpc) is 2.55. The lowest BCUT2D eigenvalue weighted by atomic mass is 9.92. The van der Waals surface area contributed by atoms with E-state index in [0.717, 1.165) is 24.9 Å². The van der Waals surface area contributed by atoms with Crippen molar-refractivity contribution in [2.45, 2.75) is 38.6 Å². The minimum Gasteiger partial charge on any atom is -0.355 e. The topological polar surface area (TPSA) is 75.4 Å². The largest absolute Gasteiger partial charge is 0.355 e. The van der Waals surface area contributed by atoms with Gasteiger partial charge in [-0.15, -0.1) is 0 Å². The molecule has 0 aliphatic carbocycles. The van der Waals surface area contributed by atoms with Crippen LogP contribution in [0.3, 0.4) is 0 Å². The number of piperidine rings is 1. The third-order valence-corrected chi connectivity index (χ3v) is 4.44. The van der Waals surface area contributed by atoms with Crippen molar-refractivity contribution < 1.29 is 9.59 Å². The maximum absolute atomic E-state index is 12.3. The molecule has 3 N–H and O–H groups in total. The van der Waals surface area contributed by atoms with Gasteiger partial charge in [0.25, 0.3) is 0 Å². The van der Waals surface area contributed by atoms with Gasteiger partial charge in [0.05, 0.1) is 6.42 Å². The fourth-order valence-electron chi connectivity index (χ4n) is 3.10. The van der Waals surface area contributed by atoms with Crippen molar-refractivity contribution in [1.29, 1.82) is 0 Å². The minimum absolute atomic E-state index is 0.0494. The number of amides is 2. The summed E-state index contributed by atoms with van der Waals surface area (Å²) in [5, 5.41) is 2.83. The Bertz CT molecular complexity index is 518. The van der Waals surface area contributed by atoms with Gasteiger partial charge in [-0.1, -0.05) is 37.3 Å². The van der Waals surface area contributed by atoms with Gasteiger partial charge in [-0.05, 0) is 24.3 Å². The van der Waals surface area contributed by atoms with Gasteiger partial charge < -0.3 is 16.0 Å². The average molecular weight is 317 g/mol. The lowest BCUT2D eigenvalue weighted by Gasteiger charge is -2.38. The third-order valence-electron chi connectivity index (χ3n) is 4.44. The van der Waals surface area contributed by atoms with Crippen molar-refractivity contribution in [3.63, 3.8) is 0 Å². The number of hydrogen-bond donors (Lipinski definition) is 2. The van der Waals surface area contributed by atoms with Crippen LogP contribution < -0.4 is 11.1 Å². The van der Waals surface area contributed by atoms with E-state index >= 15 is 0 Å². The summed E-state index contributed by atoms with van der Waals surface area (Å²) in [6, 6.07) is 9.74. The zero-order valence-electron chi connectivity index (χ0n) is 13.8. The van der Waals surface area contributed by atoms with Crippen molar-refractivity contribution in [1.82, 2.24) is 10.2 Å². The first-order valence-electron chi connectivity index (χ1n) is 8.40. The summed E-state index contributed by atoms with van der Waals surface area (Å²) in [5.74, 6) is 0.664. The van der Waals surface area contributed by atoms with Crippen molar-refractivity contribution in [2.75, 3.05) is 19.6 Å². The molecule has 0 aromatic heterocycles. The van der Waals surface area contributed by atoms with Gasteiger partial charge >= 0.3 is 0 Å². The molecule has 2 amide bonds. The second-order valence-electron chi connectivity index (χ2n) is 6.37. The Hall–Kier alpha value is -1.88. The minimum atomic E-state index is -0.0494. The molecule has 5 heteroatoms. The standard InChI is InChI=1S/C18H27N3O2/c1-14-8-10-21(16(11-14)13-19)18(23)7-9-20-17(22)12-15-5-3-2-4-6-15/h2-6,14,16H,7-13,19H2,1H3,(H,20,22). The van der Waals surface area contributed by atoms with E-state index in [1.165, 1.54) is 0 Å². The molecule has 2 rings (SSSR count). The molecule has 1 heterocycles. The fraction of sp³-hybridized carbons (Fsp3) is 0.556. The van der Waals surface area contributed by atoms with Crippen LogP contribution in [0.1, 0.15) is 31.7 Å². The molecule has 23 heavy (non-hydrogen) atoms. The molecule has 1 aromatic rings. The molecule has 1 saturated heterocycles. The van der Waals surface area contributed by atoms with Crippen LogP contribution in [0.2, 0.25) is 0 Å². The molecule has 0 bridgehead atoms. The number of nitrogens with one attached hydrogen (secondary N) is 1. The maximum Gasteiger partial charge on any atom is 0.224 e. The number of carbonyl (C=O) groups is 2. The third kappa shape index (κ3) is 5.36. The highest BCUT2D eigenvalue weighted by atomic mass is 16.2. The summed E-state index contributed by atoms with van der Waals surface area (Å²) in [7, 11) is 0. The number of hydrogen-bond acceptors (Lipinski definition) is 3. The van der Waals surface area contributed by atoms with Crippen LogP contribution in [0.4, 0.5) is 0 Å². The normalized spacial score (nSPS) is 21.0. The Labute approximate surface area is 138 Å². The molecule has 1 aliphatic heterocycles. The fourth-order valence-corrected chi connectivity index (χ4v) is 3.10. The predicted molar refractivity (Wildman–Crippen MR) is 90.7 cm³/mol. The molecule has 0 spiro atoms. The van der Waals surface area contributed by atoms with Crippen LogP contribution in [-0.4, -0.2) is 42.4 Å². The van der Waals surface area contributed by atoms with E-state index < -0.39 is 0 Å². The van der Waals surface area contributed by atoms with Crippen molar-refractivity contribution in [3.05, 3.63) is 35.9 Å². The molecule has 5 nitrogen and oxygen atoms in total. The van der Waals surface area contributed by atoms with E-state index in [-0.39, 0.29) is 17.9 Å². The van der Waals surface area contributed by atoms with Gasteiger partial charge in [0, 0.05) is 32.1 Å². The van der Waals surface area contributed by atoms with E-state index in [0.29, 0.717) is 31.8 Å². The monoisotopic (exact) mass is 317 g/mol. The Kier molecular flexibility index (Phi) is 6.59. The van der Waals surface area contributed by atoms with Crippen molar-refractivity contribution >= 4 is 11.8 Å². The summed E-state index contributed by atoms with van der Waals surface area (Å²) < 4.78 is 0. The van der Waals surface area contributed by atoms with Crippen molar-refractivity contribution in [2.24, 2.45) is 11.7 Å². The quantitative estimate of drug-likeness (QED) is 0.831. The van der Waals surface area contributed by atoms with Crippen LogP contribution in [0.5, 0.6) is 0 Å². The smallest absolute Gasteiger partial charge is 0.224 e. The van der Waals surface area contributed by atoms with E-state index in [9.17, 15) is 9.59 Å². The molecule has 2 unspecified atom stereocenters. The van der Waals surface area contributed by atoms with Gasteiger partial charge in [0.15, 0.2) is 0 Å². The van der Waals surface area contributed by atoms with Crippen LogP contribution in [0.25, 0.3) is 0 Å². The van der Waals surface area contributed by atoms with Gasteiger partial charge in [0.1, 0.15) is 0 Å². The summed E-state index contributed by atoms with van der Waals surface area (Å²) in [6.07, 6.45) is 2.69. The van der Waals surface area contributed by atoms with E-state index in [4.69, 9.17) is 5.73 Å². The molecule has 126 valence electrons. The first kappa shape index (κ1) is 17.5. The van der Waals surface area contributed by atoms with E-state index in [1.807, 2.05) is 35.2 Å². The number of likely N-dealkylation sites (tertiary alicyclic amines) is 1. The van der Waals surface area contributed by atoms with E-state index in [1.54, 1.807) is 0 Å². The van der Waals surface area contributed by atoms with Crippen LogP contribution >= 0.6 is 0 Å². The molecule has 0 saturated carbocycles. The number of nitrogens with two attached hydrogens (primary N) is 1. The summed E-state index contributed by atoms with van der Waals surface area (Å²) in [4.78, 5) is 26.1. The summed E-state index contributed by atoms with van der Waals surface area (Å²) >= 11 is 0. The molecule has 0 radical (unpaired) electrons. The SMILES string of the molecule is CC1CCN(C(=O)CCNC(=O)Cc2ccccc2)C(CN)C1. The Balaban J connectivity index is 1.72. The Morgan fingerprint density at radius 1 is 1.30 bits per heavy atom. The highest BCUT2D eigenvalue weighted by Gasteiger charge is 2.28. The highest BCUT2D eigenvalue weighted by molar-refractivity contribution is 5.80. The van der Waals surface area contributed by atoms with E-state index in [2.05, 4.69) is 12.2 Å². The summed E-state index contributed by atoms with van der Waals surface area (Å²) in [6.45, 7) is 3.87. The molecular formula is C18H27N3O2. The van der Waals surface area contributed by atoms with Crippen LogP contribution in [-0.2, 0) is 16.0 Å². The van der Waals surface area contributed by atoms with Crippen LogP contribution in [0.15, 0.2) is 30.3 Å². The van der Waals surface area contributed by atoms with Gasteiger partial charge in [-0.25, -0.2) is 0 Å². The number of rotatable bonds is 6. The highest BCUT2D eigenvalue weighted by Crippen LogP contribution is 2.22. The Morgan fingerprint density at radius 3 is 2.74 bits per heavy atom. The number of carbonyl (C=O) groups excluding carboxylic acids is 2. The molecule has 1 aliphatic rings. The van der Waals surface area contributed by atoms with Crippen LogP contribution in [0, 0.1) is 5.92 Å². The molecule has 1 fully saturated rings. The number of nitrogens with zero attached hydrogens (tertiary/aromatic N) is 1. The van der Waals surface area contributed by atoms with Gasteiger partial charge in [0.2, 0.25) is 11.8 Å². The van der Waals surface area contributed by atoms with Gasteiger partial charge in [-0.2, -0.15) is 0 Å². The zero-order valence-corrected chi connectivity index (χ0v) is 13.8. The first-order valence-corrected chi connectivity index (χ1v) is 8.40. The lowest BCUT2D eigenvalue weighted by Crippen LogP contribution is -2.49. The first-order chi connectivity index (χ1) is 11.1. The molecular weight excluding hydrogens is 290 g/mol. The second kappa shape index (κ2) is 8.67. The van der Waals surface area contributed by atoms with Gasteiger partial charge in [-0.3, -0.25) is 9.59 Å². The lowest BCUT2D eigenvalue weighted by molar-refractivity contribution is -0.135. The maximum atomic E-state index is 12.3. The molecule has 2 atom stereocenters. The Morgan fingerprint density at radius 2 is 2.04 bits per heavy atom. The summed E-state index contributed by atoms with van der Waals surface area (Å²) in [5.41, 5.74) is 6.77. The predicted octanol–water partition coefficient (Wildman–Crippen LogP) is 1.32.